The number of morpholine rings is 1. The quantitative estimate of drug-likeness (QED) is 0.363. The molecule has 0 saturated carbocycles. The predicted molar refractivity (Wildman–Crippen MR) is 151 cm³/mol. The summed E-state index contributed by atoms with van der Waals surface area (Å²) in [5.41, 5.74) is 1.04. The second kappa shape index (κ2) is 12.2. The molecule has 0 radical (unpaired) electrons. The van der Waals surface area contributed by atoms with Crippen LogP contribution in [0.5, 0.6) is 11.5 Å². The predicted octanol–water partition coefficient (Wildman–Crippen LogP) is 3.47. The first-order valence-electron chi connectivity index (χ1n) is 13.2. The number of methoxy groups -OCH3 is 2. The fourth-order valence-corrected chi connectivity index (χ4v) is 7.57. The van der Waals surface area contributed by atoms with Crippen LogP contribution in [0.4, 0.5) is 5.13 Å². The maximum atomic E-state index is 13.9. The largest absolute Gasteiger partial charge is 0.495 e. The van der Waals surface area contributed by atoms with Crippen LogP contribution in [-0.4, -0.2) is 95.2 Å². The lowest BCUT2D eigenvalue weighted by molar-refractivity contribution is 0.0376. The van der Waals surface area contributed by atoms with Crippen LogP contribution in [0.15, 0.2) is 41.3 Å². The van der Waals surface area contributed by atoms with Gasteiger partial charge in [0, 0.05) is 44.8 Å². The third-order valence-electron chi connectivity index (χ3n) is 7.14. The molecule has 39 heavy (non-hydrogen) atoms. The van der Waals surface area contributed by atoms with E-state index in [-0.39, 0.29) is 10.8 Å². The SMILES string of the molecule is COc1ccc(OC)c2sc(N(CCCN3CCOCC3)C(=O)c3ccc(S(=O)(=O)N4CCCC4)cc3)nc12. The van der Waals surface area contributed by atoms with Crippen molar-refractivity contribution in [1.29, 1.82) is 0 Å². The first kappa shape index (κ1) is 27.8. The molecule has 12 heteroatoms. The van der Waals surface area contributed by atoms with E-state index in [2.05, 4.69) is 4.90 Å². The maximum Gasteiger partial charge on any atom is 0.260 e. The molecule has 3 heterocycles. The van der Waals surface area contributed by atoms with Crippen LogP contribution in [0.1, 0.15) is 29.6 Å². The number of hydrogen-bond donors (Lipinski definition) is 0. The van der Waals surface area contributed by atoms with Crippen molar-refractivity contribution in [1.82, 2.24) is 14.2 Å². The number of ether oxygens (including phenoxy) is 3. The van der Waals surface area contributed by atoms with Crippen LogP contribution in [-0.2, 0) is 14.8 Å². The molecule has 2 saturated heterocycles. The fourth-order valence-electron chi connectivity index (χ4n) is 4.95. The standard InChI is InChI=1S/C27H34N4O6S2/c1-35-22-10-11-23(36-2)25-24(22)28-27(38-25)31(15-5-12-29-16-18-37-19-17-29)26(32)20-6-8-21(9-7-20)39(33,34)30-13-3-4-14-30/h6-11H,3-5,12-19H2,1-2H3. The molecule has 2 aliphatic rings. The van der Waals surface area contributed by atoms with Gasteiger partial charge in [0.05, 0.1) is 32.3 Å². The van der Waals surface area contributed by atoms with Gasteiger partial charge >= 0.3 is 0 Å². The number of anilines is 1. The summed E-state index contributed by atoms with van der Waals surface area (Å²) in [5.74, 6) is 1.02. The van der Waals surface area contributed by atoms with Crippen molar-refractivity contribution in [3.05, 3.63) is 42.0 Å². The number of carbonyl (C=O) groups excluding carboxylic acids is 1. The monoisotopic (exact) mass is 574 g/mol. The second-order valence-corrected chi connectivity index (χ2v) is 12.5. The van der Waals surface area contributed by atoms with Gasteiger partial charge in [-0.2, -0.15) is 4.31 Å². The number of aromatic nitrogens is 1. The van der Waals surface area contributed by atoms with Crippen molar-refractivity contribution in [2.45, 2.75) is 24.2 Å². The minimum atomic E-state index is -3.56. The van der Waals surface area contributed by atoms with E-state index >= 15 is 0 Å². The summed E-state index contributed by atoms with van der Waals surface area (Å²) in [4.78, 5) is 22.9. The van der Waals surface area contributed by atoms with Gasteiger partial charge in [-0.3, -0.25) is 14.6 Å². The Balaban J connectivity index is 1.43. The number of hydrogen-bond acceptors (Lipinski definition) is 9. The molecule has 210 valence electrons. The van der Waals surface area contributed by atoms with Gasteiger partial charge in [0.2, 0.25) is 10.0 Å². The average Bonchev–Trinajstić information content (AvgIpc) is 3.67. The summed E-state index contributed by atoms with van der Waals surface area (Å²) < 4.78 is 44.8. The van der Waals surface area contributed by atoms with Crippen LogP contribution in [0.2, 0.25) is 0 Å². The van der Waals surface area contributed by atoms with Crippen LogP contribution < -0.4 is 14.4 Å². The molecule has 1 aromatic heterocycles. The number of thiazole rings is 1. The number of carbonyl (C=O) groups is 1. The molecule has 2 aliphatic heterocycles. The molecule has 0 spiro atoms. The number of nitrogens with zero attached hydrogens (tertiary/aromatic N) is 4. The number of rotatable bonds is 10. The van der Waals surface area contributed by atoms with Crippen molar-refractivity contribution >= 4 is 42.6 Å². The van der Waals surface area contributed by atoms with E-state index in [0.717, 1.165) is 43.6 Å². The van der Waals surface area contributed by atoms with E-state index in [9.17, 15) is 13.2 Å². The van der Waals surface area contributed by atoms with Gasteiger partial charge in [-0.15, -0.1) is 0 Å². The van der Waals surface area contributed by atoms with Gasteiger partial charge in [-0.05, 0) is 55.7 Å². The van der Waals surface area contributed by atoms with Crippen molar-refractivity contribution in [2.24, 2.45) is 0 Å². The highest BCUT2D eigenvalue weighted by atomic mass is 32.2. The summed E-state index contributed by atoms with van der Waals surface area (Å²) in [5, 5.41) is 0.536. The third kappa shape index (κ3) is 5.90. The lowest BCUT2D eigenvalue weighted by atomic mass is 10.2. The molecule has 0 atom stereocenters. The number of amides is 1. The summed E-state index contributed by atoms with van der Waals surface area (Å²) in [6.45, 7) is 5.52. The zero-order valence-corrected chi connectivity index (χ0v) is 23.9. The molecule has 0 bridgehead atoms. The third-order valence-corrected chi connectivity index (χ3v) is 10.1. The smallest absolute Gasteiger partial charge is 0.260 e. The molecule has 0 N–H and O–H groups in total. The summed E-state index contributed by atoms with van der Waals surface area (Å²) in [6.07, 6.45) is 2.48. The molecule has 10 nitrogen and oxygen atoms in total. The highest BCUT2D eigenvalue weighted by Crippen LogP contribution is 2.40. The van der Waals surface area contributed by atoms with Gasteiger partial charge in [0.15, 0.2) is 5.13 Å². The number of sulfonamides is 1. The van der Waals surface area contributed by atoms with Crippen LogP contribution in [0.3, 0.4) is 0 Å². The Morgan fingerprint density at radius 3 is 2.33 bits per heavy atom. The van der Waals surface area contributed by atoms with Gasteiger partial charge in [0.1, 0.15) is 21.7 Å². The Bertz CT molecular complexity index is 1360. The maximum absolute atomic E-state index is 13.9. The van der Waals surface area contributed by atoms with E-state index in [1.807, 2.05) is 6.07 Å². The van der Waals surface area contributed by atoms with Crippen molar-refractivity contribution < 1.29 is 27.4 Å². The molecular weight excluding hydrogens is 540 g/mol. The zero-order valence-electron chi connectivity index (χ0n) is 22.3. The normalized spacial score (nSPS) is 17.0. The minimum absolute atomic E-state index is 0.203. The highest BCUT2D eigenvalue weighted by molar-refractivity contribution is 7.89. The first-order valence-corrected chi connectivity index (χ1v) is 15.4. The number of benzene rings is 2. The lowest BCUT2D eigenvalue weighted by Crippen LogP contribution is -2.39. The Morgan fingerprint density at radius 1 is 1.00 bits per heavy atom. The molecule has 3 aromatic rings. The van der Waals surface area contributed by atoms with E-state index < -0.39 is 10.0 Å². The molecule has 2 aromatic carbocycles. The first-order chi connectivity index (χ1) is 18.9. The summed E-state index contributed by atoms with van der Waals surface area (Å²) >= 11 is 1.37. The van der Waals surface area contributed by atoms with E-state index in [1.165, 1.54) is 27.8 Å². The molecule has 0 unspecified atom stereocenters. The Kier molecular flexibility index (Phi) is 8.67. The Labute approximate surface area is 233 Å². The van der Waals surface area contributed by atoms with Crippen LogP contribution >= 0.6 is 11.3 Å². The molecular formula is C27H34N4O6S2. The van der Waals surface area contributed by atoms with Gasteiger partial charge in [-0.1, -0.05) is 11.3 Å². The van der Waals surface area contributed by atoms with Gasteiger partial charge in [0.25, 0.3) is 5.91 Å². The van der Waals surface area contributed by atoms with Crippen LogP contribution in [0.25, 0.3) is 10.2 Å². The van der Waals surface area contributed by atoms with Crippen molar-refractivity contribution in [3.63, 3.8) is 0 Å². The van der Waals surface area contributed by atoms with Gasteiger partial charge in [-0.25, -0.2) is 13.4 Å². The topological polar surface area (TPSA) is 102 Å². The van der Waals surface area contributed by atoms with Crippen LogP contribution in [0, 0.1) is 0 Å². The fraction of sp³-hybridized carbons (Fsp3) is 0.481. The minimum Gasteiger partial charge on any atom is -0.495 e. The molecule has 2 fully saturated rings. The Morgan fingerprint density at radius 2 is 1.67 bits per heavy atom. The molecule has 1 amide bonds. The van der Waals surface area contributed by atoms with Crippen molar-refractivity contribution in [2.75, 3.05) is 71.6 Å². The highest BCUT2D eigenvalue weighted by Gasteiger charge is 2.28. The van der Waals surface area contributed by atoms with E-state index in [1.54, 1.807) is 37.3 Å². The Hall–Kier alpha value is -2.77. The average molecular weight is 575 g/mol. The van der Waals surface area contributed by atoms with E-state index in [4.69, 9.17) is 19.2 Å². The molecule has 0 aliphatic carbocycles. The molecule has 5 rings (SSSR count). The second-order valence-electron chi connectivity index (χ2n) is 9.54. The van der Waals surface area contributed by atoms with Gasteiger partial charge < -0.3 is 14.2 Å². The van der Waals surface area contributed by atoms with Crippen molar-refractivity contribution in [3.8, 4) is 11.5 Å². The summed E-state index contributed by atoms with van der Waals surface area (Å²) in [6, 6.07) is 9.86. The zero-order chi connectivity index (χ0) is 27.4. The number of fused-ring (bicyclic) bond motifs is 1. The lowest BCUT2D eigenvalue weighted by Gasteiger charge is -2.27. The van der Waals surface area contributed by atoms with E-state index in [0.29, 0.717) is 60.6 Å². The summed E-state index contributed by atoms with van der Waals surface area (Å²) in [7, 11) is -0.371.